The summed E-state index contributed by atoms with van der Waals surface area (Å²) >= 11 is 0. The molecule has 1 aliphatic rings. The average molecular weight is 416 g/mol. The molecular formula is C24H33NO5. The number of hydrogen-bond donors (Lipinski definition) is 3. The number of ether oxygens (including phenoxy) is 2. The molecule has 3 rings (SSSR count). The third-order valence-corrected chi connectivity index (χ3v) is 5.09. The van der Waals surface area contributed by atoms with Crippen LogP contribution in [0.4, 0.5) is 5.69 Å². The summed E-state index contributed by atoms with van der Waals surface area (Å²) in [4.78, 5) is 11.5. The zero-order valence-electron chi connectivity index (χ0n) is 17.2. The summed E-state index contributed by atoms with van der Waals surface area (Å²) in [6.45, 7) is 6.86. The molecule has 1 heterocycles. The number of benzene rings is 2. The summed E-state index contributed by atoms with van der Waals surface area (Å²) < 4.78 is 11.0. The summed E-state index contributed by atoms with van der Waals surface area (Å²) in [6.07, 6.45) is 1.36. The van der Waals surface area contributed by atoms with Crippen LogP contribution in [0, 0.1) is 5.41 Å². The second-order valence-electron chi connectivity index (χ2n) is 8.22. The highest BCUT2D eigenvalue weighted by atomic mass is 16.5. The summed E-state index contributed by atoms with van der Waals surface area (Å²) in [5.74, 6) is 1.00. The fraction of sp³-hybridized carbons (Fsp3) is 0.458. The smallest absolute Gasteiger partial charge is 0.262 e. The third kappa shape index (κ3) is 5.89. The van der Waals surface area contributed by atoms with Gasteiger partial charge in [-0.25, -0.2) is 0 Å². The molecule has 0 spiro atoms. The molecule has 0 bridgehead atoms. The van der Waals surface area contributed by atoms with Gasteiger partial charge < -0.3 is 25.0 Å². The minimum Gasteiger partial charge on any atom is -0.508 e. The number of phenols is 1. The van der Waals surface area contributed by atoms with E-state index in [-0.39, 0.29) is 31.1 Å². The van der Waals surface area contributed by atoms with Crippen LogP contribution in [-0.4, -0.2) is 29.3 Å². The number of nitrogens with one attached hydrogen (secondary N) is 1. The average Bonchev–Trinajstić information content (AvgIpc) is 2.66. The quantitative estimate of drug-likeness (QED) is 0.574. The highest BCUT2D eigenvalue weighted by Crippen LogP contribution is 2.41. The van der Waals surface area contributed by atoms with Crippen molar-refractivity contribution in [3.63, 3.8) is 0 Å². The molecule has 30 heavy (non-hydrogen) atoms. The van der Waals surface area contributed by atoms with Crippen molar-refractivity contribution in [2.45, 2.75) is 53.6 Å². The van der Waals surface area contributed by atoms with E-state index < -0.39 is 6.10 Å². The van der Waals surface area contributed by atoms with Crippen molar-refractivity contribution in [2.24, 2.45) is 5.41 Å². The van der Waals surface area contributed by atoms with Gasteiger partial charge in [0.05, 0.1) is 18.4 Å². The van der Waals surface area contributed by atoms with Crippen LogP contribution in [0.1, 0.15) is 58.3 Å². The lowest BCUT2D eigenvalue weighted by Crippen LogP contribution is -2.26. The molecule has 0 saturated carbocycles. The Morgan fingerprint density at radius 2 is 1.93 bits per heavy atom. The first-order valence-corrected chi connectivity index (χ1v) is 9.97. The summed E-state index contributed by atoms with van der Waals surface area (Å²) in [6, 6.07) is 11.0. The lowest BCUT2D eigenvalue weighted by Gasteiger charge is -2.28. The Bertz CT molecular complexity index is 861. The molecule has 6 nitrogen and oxygen atoms in total. The standard InChI is InChI=1S/C23H29NO5.CH4/c1-4-28-17-7-5-15(6-8-17)13-23(2,3)10-9-20(26)18-11-16(25)12-19-22(18)29-14-21(27)24-19;/h5-8,11-12,20,25-26H,4,9-10,13-14H2,1-3H3,(H,24,27);1H4/t20-;/m0./s1. The number of carbonyl (C=O) groups excluding carboxylic acids is 1. The molecule has 2 aromatic carbocycles. The molecule has 6 heteroatoms. The second-order valence-corrected chi connectivity index (χ2v) is 8.22. The Balaban J connectivity index is 0.00000320. The van der Waals surface area contributed by atoms with Crippen molar-refractivity contribution in [3.05, 3.63) is 47.5 Å². The predicted molar refractivity (Wildman–Crippen MR) is 118 cm³/mol. The van der Waals surface area contributed by atoms with E-state index in [4.69, 9.17) is 9.47 Å². The van der Waals surface area contributed by atoms with E-state index in [1.54, 1.807) is 0 Å². The number of carbonyl (C=O) groups is 1. The maximum atomic E-state index is 11.5. The van der Waals surface area contributed by atoms with Gasteiger partial charge in [-0.2, -0.15) is 0 Å². The van der Waals surface area contributed by atoms with Gasteiger partial charge in [0, 0.05) is 11.6 Å². The van der Waals surface area contributed by atoms with E-state index in [2.05, 4.69) is 31.3 Å². The Kier molecular flexibility index (Phi) is 7.73. The van der Waals surface area contributed by atoms with Crippen molar-refractivity contribution in [1.82, 2.24) is 0 Å². The number of hydrogen-bond acceptors (Lipinski definition) is 5. The van der Waals surface area contributed by atoms with E-state index in [1.807, 2.05) is 19.1 Å². The number of aliphatic hydroxyl groups excluding tert-OH is 1. The first-order chi connectivity index (χ1) is 13.8. The molecule has 164 valence electrons. The number of amides is 1. The van der Waals surface area contributed by atoms with Gasteiger partial charge in [0.25, 0.3) is 5.91 Å². The van der Waals surface area contributed by atoms with Crippen LogP contribution >= 0.6 is 0 Å². The van der Waals surface area contributed by atoms with Crippen LogP contribution in [0.3, 0.4) is 0 Å². The number of fused-ring (bicyclic) bond motifs is 1. The van der Waals surface area contributed by atoms with Crippen molar-refractivity contribution in [2.75, 3.05) is 18.5 Å². The summed E-state index contributed by atoms with van der Waals surface area (Å²) in [7, 11) is 0. The second kappa shape index (κ2) is 9.85. The van der Waals surface area contributed by atoms with E-state index in [0.717, 1.165) is 18.6 Å². The Morgan fingerprint density at radius 3 is 2.60 bits per heavy atom. The Labute approximate surface area is 178 Å². The molecule has 2 aromatic rings. The van der Waals surface area contributed by atoms with Gasteiger partial charge in [0.1, 0.15) is 17.2 Å². The Morgan fingerprint density at radius 1 is 1.23 bits per heavy atom. The third-order valence-electron chi connectivity index (χ3n) is 5.09. The van der Waals surface area contributed by atoms with Gasteiger partial charge >= 0.3 is 0 Å². The summed E-state index contributed by atoms with van der Waals surface area (Å²) in [5, 5.41) is 23.4. The Hall–Kier alpha value is -2.73. The minimum atomic E-state index is -0.801. The van der Waals surface area contributed by atoms with Crippen molar-refractivity contribution < 1.29 is 24.5 Å². The monoisotopic (exact) mass is 415 g/mol. The molecule has 3 N–H and O–H groups in total. The molecule has 0 unspecified atom stereocenters. The van der Waals surface area contributed by atoms with Crippen molar-refractivity contribution in [1.29, 1.82) is 0 Å². The number of aromatic hydroxyl groups is 1. The van der Waals surface area contributed by atoms with Gasteiger partial charge in [-0.05, 0) is 55.4 Å². The molecular weight excluding hydrogens is 382 g/mol. The van der Waals surface area contributed by atoms with Gasteiger partial charge in [-0.3, -0.25) is 4.79 Å². The van der Waals surface area contributed by atoms with Crippen LogP contribution in [0.2, 0.25) is 0 Å². The normalized spacial score (nSPS) is 14.1. The van der Waals surface area contributed by atoms with Gasteiger partial charge in [0.15, 0.2) is 6.61 Å². The van der Waals surface area contributed by atoms with Crippen LogP contribution in [0.15, 0.2) is 36.4 Å². The highest BCUT2D eigenvalue weighted by Gasteiger charge is 2.26. The molecule has 1 atom stereocenters. The highest BCUT2D eigenvalue weighted by molar-refractivity contribution is 5.96. The van der Waals surface area contributed by atoms with E-state index in [9.17, 15) is 15.0 Å². The maximum Gasteiger partial charge on any atom is 0.262 e. The topological polar surface area (TPSA) is 88.0 Å². The fourth-order valence-corrected chi connectivity index (χ4v) is 3.66. The van der Waals surface area contributed by atoms with E-state index in [0.29, 0.717) is 30.0 Å². The lowest BCUT2D eigenvalue weighted by atomic mass is 9.80. The first-order valence-electron chi connectivity index (χ1n) is 9.97. The zero-order valence-corrected chi connectivity index (χ0v) is 17.2. The number of rotatable bonds is 8. The zero-order chi connectivity index (χ0) is 21.0. The van der Waals surface area contributed by atoms with Crippen LogP contribution in [0.5, 0.6) is 17.2 Å². The molecule has 0 saturated heterocycles. The van der Waals surface area contributed by atoms with E-state index in [1.165, 1.54) is 17.7 Å². The van der Waals surface area contributed by atoms with Gasteiger partial charge in [-0.1, -0.05) is 33.4 Å². The van der Waals surface area contributed by atoms with Gasteiger partial charge in [0.2, 0.25) is 0 Å². The van der Waals surface area contributed by atoms with Crippen molar-refractivity contribution in [3.8, 4) is 17.2 Å². The van der Waals surface area contributed by atoms with Crippen molar-refractivity contribution >= 4 is 11.6 Å². The molecule has 0 aromatic heterocycles. The molecule has 0 radical (unpaired) electrons. The summed E-state index contributed by atoms with van der Waals surface area (Å²) in [5.41, 5.74) is 2.08. The number of aliphatic hydroxyl groups is 1. The lowest BCUT2D eigenvalue weighted by molar-refractivity contribution is -0.118. The largest absolute Gasteiger partial charge is 0.508 e. The van der Waals surface area contributed by atoms with E-state index >= 15 is 0 Å². The molecule has 0 fully saturated rings. The fourth-order valence-electron chi connectivity index (χ4n) is 3.66. The molecule has 1 aliphatic heterocycles. The number of phenolic OH excluding ortho intramolecular Hbond substituents is 1. The van der Waals surface area contributed by atoms with Crippen LogP contribution < -0.4 is 14.8 Å². The SMILES string of the molecule is C.CCOc1ccc(CC(C)(C)CC[C@H](O)c2cc(O)cc3c2OCC(=O)N3)cc1. The predicted octanol–water partition coefficient (Wildman–Crippen LogP) is 4.84. The maximum absolute atomic E-state index is 11.5. The minimum absolute atomic E-state index is 0. The molecule has 0 aliphatic carbocycles. The van der Waals surface area contributed by atoms with Crippen LogP contribution in [0.25, 0.3) is 0 Å². The van der Waals surface area contributed by atoms with Gasteiger partial charge in [-0.15, -0.1) is 0 Å². The number of anilines is 1. The van der Waals surface area contributed by atoms with Crippen LogP contribution in [-0.2, 0) is 11.2 Å². The molecule has 1 amide bonds. The first kappa shape index (κ1) is 23.5.